The van der Waals surface area contributed by atoms with Gasteiger partial charge in [-0.3, -0.25) is 10.1 Å². The number of methoxy groups -OCH3 is 1. The highest BCUT2D eigenvalue weighted by Gasteiger charge is 2.59. The Hall–Kier alpha value is -1.39. The topological polar surface area (TPSA) is 41.6 Å². The van der Waals surface area contributed by atoms with Crippen molar-refractivity contribution in [3.05, 3.63) is 34.9 Å². The van der Waals surface area contributed by atoms with E-state index in [-0.39, 0.29) is 17.6 Å². The SMILES string of the molecule is COCCN1C(=O)C2(CC2)NC1c1cc(C)ccc1C. The largest absolute Gasteiger partial charge is 0.383 e. The number of aryl methyl sites for hydroxylation is 2. The lowest BCUT2D eigenvalue weighted by molar-refractivity contribution is -0.131. The molecule has 3 rings (SSSR count). The predicted octanol–water partition coefficient (Wildman–Crippen LogP) is 1.91. The fraction of sp³-hybridized carbons (Fsp3) is 0.562. The number of nitrogens with zero attached hydrogens (tertiary/aromatic N) is 1. The fourth-order valence-corrected chi connectivity index (χ4v) is 3.00. The van der Waals surface area contributed by atoms with Crippen molar-refractivity contribution < 1.29 is 9.53 Å². The van der Waals surface area contributed by atoms with Gasteiger partial charge in [0.05, 0.1) is 6.61 Å². The maximum atomic E-state index is 12.6. The lowest BCUT2D eigenvalue weighted by atomic mass is 10.0. The fourth-order valence-electron chi connectivity index (χ4n) is 3.00. The minimum Gasteiger partial charge on any atom is -0.383 e. The molecule has 1 aromatic carbocycles. The molecule has 2 aliphatic rings. The van der Waals surface area contributed by atoms with Gasteiger partial charge >= 0.3 is 0 Å². The number of rotatable bonds is 4. The van der Waals surface area contributed by atoms with Crippen molar-refractivity contribution >= 4 is 5.91 Å². The van der Waals surface area contributed by atoms with Crippen molar-refractivity contribution in [2.24, 2.45) is 0 Å². The Bertz CT molecular complexity index is 537. The maximum absolute atomic E-state index is 12.6. The van der Waals surface area contributed by atoms with E-state index in [9.17, 15) is 4.79 Å². The summed E-state index contributed by atoms with van der Waals surface area (Å²) in [6.45, 7) is 5.41. The first-order valence-electron chi connectivity index (χ1n) is 7.22. The molecule has 0 aromatic heterocycles. The highest BCUT2D eigenvalue weighted by atomic mass is 16.5. The Morgan fingerprint density at radius 3 is 2.80 bits per heavy atom. The summed E-state index contributed by atoms with van der Waals surface area (Å²) in [7, 11) is 1.67. The summed E-state index contributed by atoms with van der Waals surface area (Å²) in [5, 5.41) is 3.56. The number of benzene rings is 1. The van der Waals surface area contributed by atoms with Crippen molar-refractivity contribution in [2.75, 3.05) is 20.3 Å². The summed E-state index contributed by atoms with van der Waals surface area (Å²) >= 11 is 0. The van der Waals surface area contributed by atoms with Crippen LogP contribution < -0.4 is 5.32 Å². The zero-order valence-corrected chi connectivity index (χ0v) is 12.4. The van der Waals surface area contributed by atoms with Crippen LogP contribution in [0.4, 0.5) is 0 Å². The smallest absolute Gasteiger partial charge is 0.244 e. The number of hydrogen-bond donors (Lipinski definition) is 1. The number of amides is 1. The minimum atomic E-state index is -0.283. The molecule has 1 saturated heterocycles. The van der Waals surface area contributed by atoms with E-state index in [2.05, 4.69) is 37.4 Å². The standard InChI is InChI=1S/C16H22N2O2/c1-11-4-5-12(2)13(10-11)14-17-16(6-7-16)15(19)18(14)8-9-20-3/h4-5,10,14,17H,6-9H2,1-3H3. The predicted molar refractivity (Wildman–Crippen MR) is 77.3 cm³/mol. The van der Waals surface area contributed by atoms with E-state index < -0.39 is 0 Å². The molecule has 4 nitrogen and oxygen atoms in total. The Morgan fingerprint density at radius 2 is 2.15 bits per heavy atom. The van der Waals surface area contributed by atoms with E-state index in [0.717, 1.165) is 12.8 Å². The zero-order chi connectivity index (χ0) is 14.3. The molecule has 1 N–H and O–H groups in total. The minimum absolute atomic E-state index is 0.0138. The molecule has 1 atom stereocenters. The monoisotopic (exact) mass is 274 g/mol. The van der Waals surface area contributed by atoms with Gasteiger partial charge in [-0.15, -0.1) is 0 Å². The Morgan fingerprint density at radius 1 is 1.40 bits per heavy atom. The molecular weight excluding hydrogens is 252 g/mol. The molecule has 1 saturated carbocycles. The molecule has 1 amide bonds. The van der Waals surface area contributed by atoms with Crippen LogP contribution in [0.5, 0.6) is 0 Å². The van der Waals surface area contributed by atoms with Crippen LogP contribution in [-0.2, 0) is 9.53 Å². The Labute approximate surface area is 120 Å². The van der Waals surface area contributed by atoms with Crippen LogP contribution in [0, 0.1) is 13.8 Å². The number of carbonyl (C=O) groups is 1. The first-order chi connectivity index (χ1) is 9.57. The van der Waals surface area contributed by atoms with E-state index in [4.69, 9.17) is 4.74 Å². The normalized spacial score (nSPS) is 23.6. The second kappa shape index (κ2) is 4.86. The molecule has 20 heavy (non-hydrogen) atoms. The second-order valence-electron chi connectivity index (χ2n) is 5.98. The highest BCUT2D eigenvalue weighted by Crippen LogP contribution is 2.46. The molecule has 1 spiro atoms. The molecular formula is C16H22N2O2. The molecule has 2 fully saturated rings. The zero-order valence-electron chi connectivity index (χ0n) is 12.4. The van der Waals surface area contributed by atoms with Gasteiger partial charge in [0.15, 0.2) is 0 Å². The molecule has 1 unspecified atom stereocenters. The van der Waals surface area contributed by atoms with Crippen LogP contribution >= 0.6 is 0 Å². The number of nitrogens with one attached hydrogen (secondary N) is 1. The Kier molecular flexibility index (Phi) is 3.30. The van der Waals surface area contributed by atoms with Crippen molar-refractivity contribution in [3.8, 4) is 0 Å². The lowest BCUT2D eigenvalue weighted by Gasteiger charge is -2.25. The summed E-state index contributed by atoms with van der Waals surface area (Å²) in [5.74, 6) is 0.237. The summed E-state index contributed by atoms with van der Waals surface area (Å²) in [4.78, 5) is 14.5. The van der Waals surface area contributed by atoms with Gasteiger partial charge in [0.1, 0.15) is 11.7 Å². The van der Waals surface area contributed by atoms with Crippen LogP contribution in [-0.4, -0.2) is 36.6 Å². The summed E-state index contributed by atoms with van der Waals surface area (Å²) in [6.07, 6.45) is 1.90. The van der Waals surface area contributed by atoms with Crippen molar-refractivity contribution in [1.29, 1.82) is 0 Å². The van der Waals surface area contributed by atoms with Crippen LogP contribution in [0.1, 0.15) is 35.7 Å². The summed E-state index contributed by atoms with van der Waals surface area (Å²) < 4.78 is 5.16. The molecule has 108 valence electrons. The quantitative estimate of drug-likeness (QED) is 0.912. The van der Waals surface area contributed by atoms with Crippen molar-refractivity contribution in [2.45, 2.75) is 38.4 Å². The second-order valence-corrected chi connectivity index (χ2v) is 5.98. The molecule has 0 radical (unpaired) electrons. The van der Waals surface area contributed by atoms with Gasteiger partial charge in [0.2, 0.25) is 5.91 Å². The average Bonchev–Trinajstić information content (AvgIpc) is 3.15. The molecule has 1 aromatic rings. The third-order valence-electron chi connectivity index (χ3n) is 4.41. The van der Waals surface area contributed by atoms with Gasteiger partial charge in [-0.25, -0.2) is 0 Å². The van der Waals surface area contributed by atoms with Crippen LogP contribution in [0.25, 0.3) is 0 Å². The maximum Gasteiger partial charge on any atom is 0.244 e. The number of carbonyl (C=O) groups excluding carboxylic acids is 1. The lowest BCUT2D eigenvalue weighted by Crippen LogP contribution is -2.34. The average molecular weight is 274 g/mol. The molecule has 1 heterocycles. The van der Waals surface area contributed by atoms with E-state index in [1.807, 2.05) is 4.90 Å². The molecule has 1 aliphatic heterocycles. The third kappa shape index (κ3) is 2.13. The third-order valence-corrected chi connectivity index (χ3v) is 4.41. The number of ether oxygens (including phenoxy) is 1. The summed E-state index contributed by atoms with van der Waals surface area (Å²) in [6, 6.07) is 6.42. The van der Waals surface area contributed by atoms with E-state index in [0.29, 0.717) is 13.2 Å². The van der Waals surface area contributed by atoms with Crippen LogP contribution in [0.2, 0.25) is 0 Å². The molecule has 1 aliphatic carbocycles. The van der Waals surface area contributed by atoms with Gasteiger partial charge in [0.25, 0.3) is 0 Å². The van der Waals surface area contributed by atoms with Gasteiger partial charge in [-0.2, -0.15) is 0 Å². The van der Waals surface area contributed by atoms with Gasteiger partial charge in [-0.1, -0.05) is 23.8 Å². The van der Waals surface area contributed by atoms with E-state index in [1.54, 1.807) is 7.11 Å². The molecule has 0 bridgehead atoms. The van der Waals surface area contributed by atoms with Crippen LogP contribution in [0.15, 0.2) is 18.2 Å². The van der Waals surface area contributed by atoms with E-state index in [1.165, 1.54) is 16.7 Å². The highest BCUT2D eigenvalue weighted by molar-refractivity contribution is 5.92. The van der Waals surface area contributed by atoms with Crippen molar-refractivity contribution in [3.63, 3.8) is 0 Å². The first kappa shape index (κ1) is 13.6. The van der Waals surface area contributed by atoms with Gasteiger partial charge < -0.3 is 9.64 Å². The summed E-state index contributed by atoms with van der Waals surface area (Å²) in [5.41, 5.74) is 3.37. The molecule has 4 heteroatoms. The van der Waals surface area contributed by atoms with E-state index >= 15 is 0 Å². The van der Waals surface area contributed by atoms with Gasteiger partial charge in [0, 0.05) is 13.7 Å². The Balaban J connectivity index is 1.93. The van der Waals surface area contributed by atoms with Crippen LogP contribution in [0.3, 0.4) is 0 Å². The van der Waals surface area contributed by atoms with Gasteiger partial charge in [-0.05, 0) is 37.8 Å². The van der Waals surface area contributed by atoms with Crippen molar-refractivity contribution in [1.82, 2.24) is 10.2 Å². The number of hydrogen-bond acceptors (Lipinski definition) is 3. The first-order valence-corrected chi connectivity index (χ1v) is 7.22.